The second kappa shape index (κ2) is 12.9. The first kappa shape index (κ1) is 31.9. The Hall–Kier alpha value is -7.09. The highest BCUT2D eigenvalue weighted by atomic mass is 16.5. The molecule has 53 heavy (non-hydrogen) atoms. The van der Waals surface area contributed by atoms with Crippen LogP contribution in [0.3, 0.4) is 0 Å². The quantitative estimate of drug-likeness (QED) is 0.134. The Labute approximate surface area is 309 Å². The van der Waals surface area contributed by atoms with Gasteiger partial charge in [0.2, 0.25) is 0 Å². The number of hydrogen-bond donors (Lipinski definition) is 0. The Bertz CT molecular complexity index is 2630. The number of hydrogen-bond acceptors (Lipinski definition) is 3. The van der Waals surface area contributed by atoms with Gasteiger partial charge in [-0.3, -0.25) is 0 Å². The van der Waals surface area contributed by atoms with Crippen LogP contribution in [0.2, 0.25) is 0 Å². The summed E-state index contributed by atoms with van der Waals surface area (Å²) < 4.78 is 6.52. The first-order valence-electron chi connectivity index (χ1n) is 17.7. The zero-order valence-electron chi connectivity index (χ0n) is 29.1. The Balaban J connectivity index is 1.16. The lowest BCUT2D eigenvalue weighted by Crippen LogP contribution is -2.32. The van der Waals surface area contributed by atoms with Gasteiger partial charge < -0.3 is 4.74 Å². The number of fused-ring (bicyclic) bond motifs is 9. The summed E-state index contributed by atoms with van der Waals surface area (Å²) in [5, 5.41) is 9.25. The smallest absolute Gasteiger partial charge is 0.160 e. The van der Waals surface area contributed by atoms with Crippen molar-refractivity contribution in [2.45, 2.75) is 12.3 Å². The molecule has 0 saturated carbocycles. The van der Waals surface area contributed by atoms with Gasteiger partial charge in [-0.1, -0.05) is 140 Å². The van der Waals surface area contributed by atoms with E-state index in [1.807, 2.05) is 79.7 Å². The highest BCUT2D eigenvalue weighted by molar-refractivity contribution is 6.13. The van der Waals surface area contributed by atoms with Crippen LogP contribution >= 0.6 is 0 Å². The number of rotatable bonds is 5. The Morgan fingerprint density at radius 3 is 1.89 bits per heavy atom. The third-order valence-corrected chi connectivity index (χ3v) is 10.4. The molecule has 0 atom stereocenters. The topological polar surface area (TPSA) is 57.7 Å². The van der Waals surface area contributed by atoms with Crippen LogP contribution in [-0.2, 0) is 5.41 Å². The molecule has 2 aliphatic rings. The molecule has 0 unspecified atom stereocenters. The predicted octanol–water partition coefficient (Wildman–Crippen LogP) is 11.6. The van der Waals surface area contributed by atoms with E-state index >= 15 is 0 Å². The van der Waals surface area contributed by atoms with Crippen molar-refractivity contribution in [3.05, 3.63) is 221 Å². The van der Waals surface area contributed by atoms with Crippen LogP contribution in [0.5, 0.6) is 11.5 Å². The summed E-state index contributed by atoms with van der Waals surface area (Å²) >= 11 is 0. The van der Waals surface area contributed by atoms with E-state index in [9.17, 15) is 5.26 Å². The number of nitrogens with zero attached hydrogens (tertiary/aromatic N) is 3. The molecule has 0 aromatic heterocycles. The zero-order chi connectivity index (χ0) is 35.9. The molecule has 0 bridgehead atoms. The van der Waals surface area contributed by atoms with Crippen LogP contribution in [0, 0.1) is 11.3 Å². The average Bonchev–Trinajstić information content (AvgIpc) is 3.51. The van der Waals surface area contributed by atoms with Gasteiger partial charge in [-0.05, 0) is 87.8 Å². The lowest BCUT2D eigenvalue weighted by molar-refractivity contribution is 0.436. The molecule has 1 aliphatic carbocycles. The minimum atomic E-state index is -0.575. The fourth-order valence-corrected chi connectivity index (χ4v) is 7.85. The molecule has 0 fully saturated rings. The molecule has 0 radical (unpaired) electrons. The lowest BCUT2D eigenvalue weighted by Gasteiger charge is -2.39. The number of nitriles is 1. The summed E-state index contributed by atoms with van der Waals surface area (Å²) in [5.41, 5.74) is 13.4. The van der Waals surface area contributed by atoms with E-state index in [2.05, 4.69) is 110 Å². The molecule has 0 amide bonds. The van der Waals surface area contributed by atoms with E-state index in [1.54, 1.807) is 0 Å². The van der Waals surface area contributed by atoms with E-state index in [4.69, 9.17) is 14.7 Å². The van der Waals surface area contributed by atoms with Gasteiger partial charge in [0, 0.05) is 22.4 Å². The van der Waals surface area contributed by atoms with E-state index in [0.29, 0.717) is 17.1 Å². The maximum absolute atomic E-state index is 9.25. The van der Waals surface area contributed by atoms with Crippen molar-refractivity contribution in [3.8, 4) is 39.8 Å². The van der Waals surface area contributed by atoms with E-state index in [0.717, 1.165) is 56.2 Å². The molecule has 1 heterocycles. The Morgan fingerprint density at radius 2 is 1.17 bits per heavy atom. The summed E-state index contributed by atoms with van der Waals surface area (Å²) in [7, 11) is 0. The second-order valence-corrected chi connectivity index (χ2v) is 13.4. The summed E-state index contributed by atoms with van der Waals surface area (Å²) in [6.07, 6.45) is 0. The van der Waals surface area contributed by atoms with Crippen LogP contribution in [0.25, 0.3) is 28.0 Å². The standard InChI is InChI=1S/C49H33N3O/c1-32(37-15-12-16-39(29-37)35-25-23-34(31-50)24-26-35)51-48(36-13-4-3-5-14-36)52-33(2)38-27-28-41-40-17-6-7-18-42(40)49(45(41)30-38)43-19-8-10-21-46(43)53-47-22-11-9-20-44(47)49/h3-30H,2H2,1H3/b51-32+,52-48-. The minimum absolute atomic E-state index is 0.575. The summed E-state index contributed by atoms with van der Waals surface area (Å²) in [6.45, 7) is 6.54. The van der Waals surface area contributed by atoms with Gasteiger partial charge in [-0.15, -0.1) is 0 Å². The van der Waals surface area contributed by atoms with E-state index < -0.39 is 5.41 Å². The van der Waals surface area contributed by atoms with Gasteiger partial charge in [0.1, 0.15) is 11.5 Å². The maximum atomic E-state index is 9.25. The Morgan fingerprint density at radius 1 is 0.547 bits per heavy atom. The monoisotopic (exact) mass is 679 g/mol. The van der Waals surface area contributed by atoms with Gasteiger partial charge in [0.25, 0.3) is 0 Å². The SMILES string of the molecule is C=C(/N=C(\N=C(/C)c1cccc(-c2ccc(C#N)cc2)c1)c1ccccc1)c1ccc2c(c1)C1(c3ccccc3Oc3ccccc31)c1ccccc1-2. The second-order valence-electron chi connectivity index (χ2n) is 13.4. The van der Waals surface area contributed by atoms with Crippen molar-refractivity contribution in [3.63, 3.8) is 0 Å². The van der Waals surface area contributed by atoms with Crippen molar-refractivity contribution >= 4 is 17.2 Å². The Kier molecular flexibility index (Phi) is 7.76. The highest BCUT2D eigenvalue weighted by Gasteiger charge is 2.51. The number of para-hydroxylation sites is 2. The first-order valence-corrected chi connectivity index (χ1v) is 17.7. The maximum Gasteiger partial charge on any atom is 0.160 e. The normalized spacial score (nSPS) is 13.6. The molecule has 4 nitrogen and oxygen atoms in total. The molecule has 1 spiro atoms. The van der Waals surface area contributed by atoms with Gasteiger partial charge in [0.05, 0.1) is 22.7 Å². The lowest BCUT2D eigenvalue weighted by atomic mass is 9.66. The molecule has 9 rings (SSSR count). The fraction of sp³-hybridized carbons (Fsp3) is 0.0408. The number of benzene rings is 7. The molecule has 7 aromatic rings. The average molecular weight is 680 g/mol. The molecular weight excluding hydrogens is 647 g/mol. The molecule has 250 valence electrons. The summed E-state index contributed by atoms with van der Waals surface area (Å²) in [6, 6.07) is 60.2. The first-order chi connectivity index (χ1) is 26.0. The molecule has 0 N–H and O–H groups in total. The van der Waals surface area contributed by atoms with Gasteiger partial charge >= 0.3 is 0 Å². The predicted molar refractivity (Wildman–Crippen MR) is 215 cm³/mol. The van der Waals surface area contributed by atoms with Gasteiger partial charge in [0.15, 0.2) is 5.84 Å². The van der Waals surface area contributed by atoms with Gasteiger partial charge in [-0.25, -0.2) is 9.98 Å². The van der Waals surface area contributed by atoms with Crippen molar-refractivity contribution < 1.29 is 4.74 Å². The fourth-order valence-electron chi connectivity index (χ4n) is 7.85. The minimum Gasteiger partial charge on any atom is -0.457 e. The van der Waals surface area contributed by atoms with Crippen molar-refractivity contribution in [1.82, 2.24) is 0 Å². The highest BCUT2D eigenvalue weighted by Crippen LogP contribution is 2.62. The van der Waals surface area contributed by atoms with Gasteiger partial charge in [-0.2, -0.15) is 5.26 Å². The van der Waals surface area contributed by atoms with Crippen molar-refractivity contribution in [1.29, 1.82) is 5.26 Å². The van der Waals surface area contributed by atoms with Crippen LogP contribution in [-0.4, -0.2) is 11.5 Å². The summed E-state index contributed by atoms with van der Waals surface area (Å²) in [4.78, 5) is 10.3. The number of aliphatic imine (C=N–C) groups is 2. The third-order valence-electron chi connectivity index (χ3n) is 10.4. The molecule has 7 aromatic carbocycles. The van der Waals surface area contributed by atoms with Crippen molar-refractivity contribution in [2.75, 3.05) is 0 Å². The van der Waals surface area contributed by atoms with Crippen LogP contribution < -0.4 is 4.74 Å². The zero-order valence-corrected chi connectivity index (χ0v) is 29.1. The summed E-state index contributed by atoms with van der Waals surface area (Å²) in [5.74, 6) is 2.29. The molecular formula is C49H33N3O. The van der Waals surface area contributed by atoms with Crippen LogP contribution in [0.15, 0.2) is 186 Å². The van der Waals surface area contributed by atoms with Crippen LogP contribution in [0.1, 0.15) is 51.4 Å². The van der Waals surface area contributed by atoms with Crippen molar-refractivity contribution in [2.24, 2.45) is 9.98 Å². The number of ether oxygens (including phenoxy) is 1. The van der Waals surface area contributed by atoms with E-state index in [1.165, 1.54) is 22.3 Å². The third kappa shape index (κ3) is 5.30. The van der Waals surface area contributed by atoms with E-state index in [-0.39, 0.29) is 0 Å². The largest absolute Gasteiger partial charge is 0.457 e. The van der Waals surface area contributed by atoms with Crippen LogP contribution in [0.4, 0.5) is 0 Å². The number of amidine groups is 1. The molecule has 4 heteroatoms. The molecule has 0 saturated heterocycles. The molecule has 1 aliphatic heterocycles.